The van der Waals surface area contributed by atoms with Crippen LogP contribution in [-0.4, -0.2) is 26.6 Å². The predicted molar refractivity (Wildman–Crippen MR) is 68.2 cm³/mol. The second-order valence-electron chi connectivity index (χ2n) is 3.75. The molecule has 1 aromatic carbocycles. The van der Waals surface area contributed by atoms with Crippen LogP contribution in [0.15, 0.2) is 22.7 Å². The summed E-state index contributed by atoms with van der Waals surface area (Å²) in [6, 6.07) is 4.85. The van der Waals surface area contributed by atoms with Crippen LogP contribution in [0.1, 0.15) is 12.5 Å². The van der Waals surface area contributed by atoms with Crippen molar-refractivity contribution in [3.63, 3.8) is 0 Å². The first-order chi connectivity index (χ1) is 8.08. The summed E-state index contributed by atoms with van der Waals surface area (Å²) < 4.78 is 24.6. The maximum Gasteiger partial charge on any atom is 0.171 e. The molecule has 3 nitrogen and oxygen atoms in total. The first-order valence-corrected chi connectivity index (χ1v) is 6.10. The van der Waals surface area contributed by atoms with Gasteiger partial charge in [-0.25, -0.2) is 4.39 Å². The van der Waals surface area contributed by atoms with E-state index in [-0.39, 0.29) is 18.1 Å². The predicted octanol–water partition coefficient (Wildman–Crippen LogP) is 2.69. The number of methoxy groups -OCH3 is 2. The van der Waals surface area contributed by atoms with Crippen LogP contribution in [0.25, 0.3) is 0 Å². The SMILES string of the molecule is COC(OC)C(C)NCc1cc(Br)ccc1F. The molecule has 1 atom stereocenters. The highest BCUT2D eigenvalue weighted by Crippen LogP contribution is 2.15. The van der Waals surface area contributed by atoms with Crippen molar-refractivity contribution < 1.29 is 13.9 Å². The Morgan fingerprint density at radius 2 is 2.00 bits per heavy atom. The third-order valence-electron chi connectivity index (χ3n) is 2.50. The molecule has 5 heteroatoms. The lowest BCUT2D eigenvalue weighted by Gasteiger charge is -2.22. The highest BCUT2D eigenvalue weighted by atomic mass is 79.9. The Balaban J connectivity index is 2.57. The van der Waals surface area contributed by atoms with E-state index in [4.69, 9.17) is 9.47 Å². The average Bonchev–Trinajstić information content (AvgIpc) is 2.32. The lowest BCUT2D eigenvalue weighted by Crippen LogP contribution is -2.39. The van der Waals surface area contributed by atoms with Crippen molar-refractivity contribution in [3.05, 3.63) is 34.1 Å². The minimum Gasteiger partial charge on any atom is -0.354 e. The van der Waals surface area contributed by atoms with Crippen LogP contribution >= 0.6 is 15.9 Å². The van der Waals surface area contributed by atoms with E-state index in [0.717, 1.165) is 4.47 Å². The van der Waals surface area contributed by atoms with E-state index in [1.807, 2.05) is 6.92 Å². The number of benzene rings is 1. The summed E-state index contributed by atoms with van der Waals surface area (Å²) in [6.45, 7) is 2.35. The van der Waals surface area contributed by atoms with Gasteiger partial charge in [-0.1, -0.05) is 15.9 Å². The smallest absolute Gasteiger partial charge is 0.171 e. The molecule has 0 saturated carbocycles. The molecule has 0 radical (unpaired) electrons. The molecular weight excluding hydrogens is 289 g/mol. The topological polar surface area (TPSA) is 30.5 Å². The number of rotatable bonds is 6. The van der Waals surface area contributed by atoms with Gasteiger partial charge in [-0.2, -0.15) is 0 Å². The van der Waals surface area contributed by atoms with E-state index >= 15 is 0 Å². The van der Waals surface area contributed by atoms with Crippen LogP contribution in [-0.2, 0) is 16.0 Å². The summed E-state index contributed by atoms with van der Waals surface area (Å²) in [7, 11) is 3.15. The van der Waals surface area contributed by atoms with Gasteiger partial charge in [0.05, 0.1) is 6.04 Å². The van der Waals surface area contributed by atoms with Crippen molar-refractivity contribution >= 4 is 15.9 Å². The number of halogens is 2. The molecule has 1 N–H and O–H groups in total. The zero-order valence-corrected chi connectivity index (χ0v) is 11.8. The molecule has 0 fully saturated rings. The zero-order chi connectivity index (χ0) is 12.8. The van der Waals surface area contributed by atoms with Gasteiger partial charge in [-0.3, -0.25) is 0 Å². The van der Waals surface area contributed by atoms with Gasteiger partial charge in [0.1, 0.15) is 5.82 Å². The van der Waals surface area contributed by atoms with E-state index in [1.54, 1.807) is 26.4 Å². The monoisotopic (exact) mass is 305 g/mol. The molecule has 0 aliphatic rings. The fraction of sp³-hybridized carbons (Fsp3) is 0.500. The first-order valence-electron chi connectivity index (χ1n) is 5.31. The molecule has 1 rings (SSSR count). The van der Waals surface area contributed by atoms with Gasteiger partial charge >= 0.3 is 0 Å². The number of nitrogens with one attached hydrogen (secondary N) is 1. The van der Waals surface area contributed by atoms with Crippen LogP contribution in [0.3, 0.4) is 0 Å². The molecule has 0 aliphatic heterocycles. The molecule has 1 unspecified atom stereocenters. The Hall–Kier alpha value is -0.490. The zero-order valence-electron chi connectivity index (χ0n) is 10.2. The van der Waals surface area contributed by atoms with Crippen LogP contribution in [0.4, 0.5) is 4.39 Å². The molecule has 0 saturated heterocycles. The second-order valence-corrected chi connectivity index (χ2v) is 4.66. The standard InChI is InChI=1S/C12H17BrFNO2/c1-8(12(16-2)17-3)15-7-9-6-10(13)4-5-11(9)14/h4-6,8,12,15H,7H2,1-3H3. The normalized spacial score (nSPS) is 13.1. The molecule has 17 heavy (non-hydrogen) atoms. The second kappa shape index (κ2) is 7.06. The number of hydrogen-bond donors (Lipinski definition) is 1. The fourth-order valence-corrected chi connectivity index (χ4v) is 1.96. The van der Waals surface area contributed by atoms with Crippen molar-refractivity contribution in [2.45, 2.75) is 25.8 Å². The summed E-state index contributed by atoms with van der Waals surface area (Å²) >= 11 is 3.32. The van der Waals surface area contributed by atoms with E-state index in [1.165, 1.54) is 6.07 Å². The van der Waals surface area contributed by atoms with Crippen LogP contribution in [0.5, 0.6) is 0 Å². The summed E-state index contributed by atoms with van der Waals surface area (Å²) in [5.41, 5.74) is 0.609. The Morgan fingerprint density at radius 3 is 2.59 bits per heavy atom. The summed E-state index contributed by atoms with van der Waals surface area (Å²) in [5, 5.41) is 3.16. The summed E-state index contributed by atoms with van der Waals surface area (Å²) in [6.07, 6.45) is -0.342. The van der Waals surface area contributed by atoms with Gasteiger partial charge in [0.2, 0.25) is 0 Å². The average molecular weight is 306 g/mol. The molecule has 0 aliphatic carbocycles. The van der Waals surface area contributed by atoms with Crippen molar-refractivity contribution in [1.29, 1.82) is 0 Å². The van der Waals surface area contributed by atoms with Crippen LogP contribution < -0.4 is 5.32 Å². The number of hydrogen-bond acceptors (Lipinski definition) is 3. The Morgan fingerprint density at radius 1 is 1.35 bits per heavy atom. The molecule has 0 bridgehead atoms. The lowest BCUT2D eigenvalue weighted by molar-refractivity contribution is -0.119. The van der Waals surface area contributed by atoms with Gasteiger partial charge in [-0.15, -0.1) is 0 Å². The van der Waals surface area contributed by atoms with Gasteiger partial charge in [0, 0.05) is 30.8 Å². The van der Waals surface area contributed by atoms with Gasteiger partial charge in [-0.05, 0) is 25.1 Å². The molecule has 1 aromatic rings. The maximum atomic E-state index is 13.5. The van der Waals surface area contributed by atoms with Crippen molar-refractivity contribution in [2.75, 3.05) is 14.2 Å². The van der Waals surface area contributed by atoms with Gasteiger partial charge in [0.25, 0.3) is 0 Å². The highest BCUT2D eigenvalue weighted by molar-refractivity contribution is 9.10. The van der Waals surface area contributed by atoms with Gasteiger partial charge < -0.3 is 14.8 Å². The Labute approximate surface area is 109 Å². The fourth-order valence-electron chi connectivity index (χ4n) is 1.55. The molecule has 0 aromatic heterocycles. The highest BCUT2D eigenvalue weighted by Gasteiger charge is 2.15. The third-order valence-corrected chi connectivity index (χ3v) is 2.99. The Kier molecular flexibility index (Phi) is 6.05. The molecule has 0 spiro atoms. The molecule has 96 valence electrons. The Bertz CT molecular complexity index is 358. The molecule has 0 heterocycles. The minimum atomic E-state index is -0.342. The van der Waals surface area contributed by atoms with Crippen LogP contribution in [0.2, 0.25) is 0 Å². The van der Waals surface area contributed by atoms with E-state index in [9.17, 15) is 4.39 Å². The maximum absolute atomic E-state index is 13.5. The van der Waals surface area contributed by atoms with E-state index in [0.29, 0.717) is 12.1 Å². The summed E-state index contributed by atoms with van der Waals surface area (Å²) in [5.74, 6) is -0.223. The van der Waals surface area contributed by atoms with E-state index < -0.39 is 0 Å². The van der Waals surface area contributed by atoms with E-state index in [2.05, 4.69) is 21.2 Å². The largest absolute Gasteiger partial charge is 0.354 e. The first kappa shape index (κ1) is 14.6. The van der Waals surface area contributed by atoms with Crippen molar-refractivity contribution in [2.24, 2.45) is 0 Å². The minimum absolute atomic E-state index is 0.0246. The number of ether oxygens (including phenoxy) is 2. The molecule has 0 amide bonds. The van der Waals surface area contributed by atoms with Crippen LogP contribution in [0, 0.1) is 5.82 Å². The quantitative estimate of drug-likeness (QED) is 0.820. The molecular formula is C12H17BrFNO2. The van der Waals surface area contributed by atoms with Crippen molar-refractivity contribution in [1.82, 2.24) is 5.32 Å². The van der Waals surface area contributed by atoms with Gasteiger partial charge in [0.15, 0.2) is 6.29 Å². The third kappa shape index (κ3) is 4.35. The van der Waals surface area contributed by atoms with Crippen molar-refractivity contribution in [3.8, 4) is 0 Å². The summed E-state index contributed by atoms with van der Waals surface area (Å²) in [4.78, 5) is 0. The lowest BCUT2D eigenvalue weighted by atomic mass is 10.2.